The monoisotopic (exact) mass is 335 g/mol. The fourth-order valence-corrected chi connectivity index (χ4v) is 3.32. The molecule has 0 bridgehead atoms. The molecule has 0 atom stereocenters. The predicted octanol–water partition coefficient (Wildman–Crippen LogP) is 1.82. The van der Waals surface area contributed by atoms with Gasteiger partial charge in [-0.25, -0.2) is 17.5 Å². The standard InChI is InChI=1S/C13H18ClNO5S/c1-15(7-3-2-4-8-16)21(19,20)10-5-6-11(13(17)18)12(14)9-10/h5-6,9,16H,2-4,7-8H2,1H3,(H,17,18). The normalized spacial score (nSPS) is 11.8. The van der Waals surface area contributed by atoms with E-state index in [9.17, 15) is 13.2 Å². The number of benzene rings is 1. The van der Waals surface area contributed by atoms with Crippen LogP contribution in [0.4, 0.5) is 0 Å². The Kier molecular flexibility index (Phi) is 6.60. The molecule has 0 unspecified atom stereocenters. The number of halogens is 1. The van der Waals surface area contributed by atoms with Crippen LogP contribution in [0, 0.1) is 0 Å². The molecule has 0 aliphatic heterocycles. The van der Waals surface area contributed by atoms with Crippen molar-refractivity contribution in [1.29, 1.82) is 0 Å². The van der Waals surface area contributed by atoms with Crippen LogP contribution in [-0.4, -0.2) is 49.1 Å². The van der Waals surface area contributed by atoms with Gasteiger partial charge in [-0.15, -0.1) is 0 Å². The Labute approximate surface area is 129 Å². The van der Waals surface area contributed by atoms with Gasteiger partial charge < -0.3 is 10.2 Å². The van der Waals surface area contributed by atoms with Crippen LogP contribution in [0.3, 0.4) is 0 Å². The van der Waals surface area contributed by atoms with Crippen molar-refractivity contribution in [1.82, 2.24) is 4.31 Å². The van der Waals surface area contributed by atoms with Gasteiger partial charge >= 0.3 is 5.97 Å². The van der Waals surface area contributed by atoms with Crippen LogP contribution < -0.4 is 0 Å². The summed E-state index contributed by atoms with van der Waals surface area (Å²) < 4.78 is 25.8. The minimum atomic E-state index is -3.70. The summed E-state index contributed by atoms with van der Waals surface area (Å²) in [4.78, 5) is 10.8. The van der Waals surface area contributed by atoms with Gasteiger partial charge in [-0.1, -0.05) is 11.6 Å². The zero-order chi connectivity index (χ0) is 16.0. The van der Waals surface area contributed by atoms with Crippen molar-refractivity contribution in [3.8, 4) is 0 Å². The average Bonchev–Trinajstić information content (AvgIpc) is 2.42. The molecule has 1 aromatic carbocycles. The number of hydrogen-bond acceptors (Lipinski definition) is 4. The highest BCUT2D eigenvalue weighted by atomic mass is 35.5. The number of unbranched alkanes of at least 4 members (excludes halogenated alkanes) is 2. The van der Waals surface area contributed by atoms with E-state index in [0.29, 0.717) is 19.4 Å². The quantitative estimate of drug-likeness (QED) is 0.707. The Morgan fingerprint density at radius 3 is 2.48 bits per heavy atom. The van der Waals surface area contributed by atoms with E-state index in [1.165, 1.54) is 23.5 Å². The average molecular weight is 336 g/mol. The Morgan fingerprint density at radius 1 is 1.29 bits per heavy atom. The van der Waals surface area contributed by atoms with Crippen molar-refractivity contribution < 1.29 is 23.4 Å². The van der Waals surface area contributed by atoms with Gasteiger partial charge in [0.2, 0.25) is 10.0 Å². The number of hydrogen-bond donors (Lipinski definition) is 2. The molecule has 6 nitrogen and oxygen atoms in total. The maximum Gasteiger partial charge on any atom is 0.337 e. The van der Waals surface area contributed by atoms with E-state index in [-0.39, 0.29) is 22.1 Å². The summed E-state index contributed by atoms with van der Waals surface area (Å²) in [5.41, 5.74) is -0.138. The number of nitrogens with zero attached hydrogens (tertiary/aromatic N) is 1. The van der Waals surface area contributed by atoms with Crippen LogP contribution in [0.1, 0.15) is 29.6 Å². The lowest BCUT2D eigenvalue weighted by atomic mass is 10.2. The maximum absolute atomic E-state index is 12.3. The highest BCUT2D eigenvalue weighted by Gasteiger charge is 2.22. The summed E-state index contributed by atoms with van der Waals surface area (Å²) in [6.45, 7) is 0.406. The SMILES string of the molecule is CN(CCCCCO)S(=O)(=O)c1ccc(C(=O)O)c(Cl)c1. The van der Waals surface area contributed by atoms with Crippen molar-refractivity contribution in [3.05, 3.63) is 28.8 Å². The van der Waals surface area contributed by atoms with Crippen molar-refractivity contribution >= 4 is 27.6 Å². The summed E-state index contributed by atoms with van der Waals surface area (Å²) >= 11 is 5.79. The molecule has 0 aliphatic rings. The van der Waals surface area contributed by atoms with E-state index in [1.54, 1.807) is 0 Å². The summed E-state index contributed by atoms with van der Waals surface area (Å²) in [6.07, 6.45) is 2.00. The lowest BCUT2D eigenvalue weighted by Gasteiger charge is -2.17. The molecule has 118 valence electrons. The van der Waals surface area contributed by atoms with E-state index < -0.39 is 16.0 Å². The third kappa shape index (κ3) is 4.67. The molecule has 8 heteroatoms. The third-order valence-corrected chi connectivity index (χ3v) is 5.18. The maximum atomic E-state index is 12.3. The summed E-state index contributed by atoms with van der Waals surface area (Å²) in [5, 5.41) is 17.4. The number of aliphatic hydroxyl groups is 1. The lowest BCUT2D eigenvalue weighted by molar-refractivity contribution is 0.0697. The van der Waals surface area contributed by atoms with Crippen molar-refractivity contribution in [2.75, 3.05) is 20.2 Å². The zero-order valence-corrected chi connectivity index (χ0v) is 13.2. The Hall–Kier alpha value is -1.15. The molecule has 0 fully saturated rings. The lowest BCUT2D eigenvalue weighted by Crippen LogP contribution is -2.28. The largest absolute Gasteiger partial charge is 0.478 e. The van der Waals surface area contributed by atoms with Gasteiger partial charge in [0.05, 0.1) is 15.5 Å². The molecule has 1 aromatic rings. The molecular formula is C13H18ClNO5S. The third-order valence-electron chi connectivity index (χ3n) is 3.01. The first-order valence-corrected chi connectivity index (χ1v) is 8.22. The second-order valence-electron chi connectivity index (χ2n) is 4.56. The van der Waals surface area contributed by atoms with E-state index in [1.807, 2.05) is 0 Å². The smallest absolute Gasteiger partial charge is 0.337 e. The van der Waals surface area contributed by atoms with Crippen LogP contribution in [0.5, 0.6) is 0 Å². The first-order chi connectivity index (χ1) is 9.80. The molecule has 0 radical (unpaired) electrons. The van der Waals surface area contributed by atoms with Crippen LogP contribution >= 0.6 is 11.6 Å². The molecule has 0 saturated heterocycles. The Morgan fingerprint density at radius 2 is 1.95 bits per heavy atom. The zero-order valence-electron chi connectivity index (χ0n) is 11.6. The van der Waals surface area contributed by atoms with Gasteiger partial charge in [-0.3, -0.25) is 0 Å². The van der Waals surface area contributed by atoms with Gasteiger partial charge in [0.25, 0.3) is 0 Å². The van der Waals surface area contributed by atoms with Crippen LogP contribution in [0.15, 0.2) is 23.1 Å². The Balaban J connectivity index is 2.87. The van der Waals surface area contributed by atoms with E-state index in [0.717, 1.165) is 12.5 Å². The number of aromatic carboxylic acids is 1. The minimum absolute atomic E-state index is 0.0397. The van der Waals surface area contributed by atoms with Gasteiger partial charge in [-0.05, 0) is 37.5 Å². The molecule has 0 spiro atoms. The van der Waals surface area contributed by atoms with Crippen LogP contribution in [0.25, 0.3) is 0 Å². The van der Waals surface area contributed by atoms with Crippen molar-refractivity contribution in [2.45, 2.75) is 24.2 Å². The second kappa shape index (κ2) is 7.74. The molecule has 0 aromatic heterocycles. The number of carboxylic acids is 1. The topological polar surface area (TPSA) is 94.9 Å². The first-order valence-electron chi connectivity index (χ1n) is 6.40. The second-order valence-corrected chi connectivity index (χ2v) is 7.01. The fraction of sp³-hybridized carbons (Fsp3) is 0.462. The number of carbonyl (C=O) groups is 1. The van der Waals surface area contributed by atoms with Gasteiger partial charge in [-0.2, -0.15) is 0 Å². The van der Waals surface area contributed by atoms with Gasteiger partial charge in [0.15, 0.2) is 0 Å². The number of carboxylic acid groups (broad SMARTS) is 1. The molecule has 0 saturated carbocycles. The molecule has 0 heterocycles. The summed E-state index contributed by atoms with van der Waals surface area (Å²) in [5.74, 6) is -1.21. The van der Waals surface area contributed by atoms with Crippen molar-refractivity contribution in [2.24, 2.45) is 0 Å². The number of sulfonamides is 1. The van der Waals surface area contributed by atoms with Gasteiger partial charge in [0.1, 0.15) is 0 Å². The van der Waals surface area contributed by atoms with Crippen LogP contribution in [-0.2, 0) is 10.0 Å². The number of rotatable bonds is 8. The highest BCUT2D eigenvalue weighted by molar-refractivity contribution is 7.89. The first kappa shape index (κ1) is 17.9. The fourth-order valence-electron chi connectivity index (χ4n) is 1.75. The summed E-state index contributed by atoms with van der Waals surface area (Å²) in [6, 6.07) is 3.55. The van der Waals surface area contributed by atoms with Crippen molar-refractivity contribution in [3.63, 3.8) is 0 Å². The van der Waals surface area contributed by atoms with Gasteiger partial charge in [0, 0.05) is 20.2 Å². The molecule has 0 aliphatic carbocycles. The predicted molar refractivity (Wildman–Crippen MR) is 79.2 cm³/mol. The van der Waals surface area contributed by atoms with E-state index in [4.69, 9.17) is 21.8 Å². The molecular weight excluding hydrogens is 318 g/mol. The molecule has 2 N–H and O–H groups in total. The highest BCUT2D eigenvalue weighted by Crippen LogP contribution is 2.23. The number of aliphatic hydroxyl groups excluding tert-OH is 1. The van der Waals surface area contributed by atoms with E-state index in [2.05, 4.69) is 0 Å². The van der Waals surface area contributed by atoms with Crippen LogP contribution in [0.2, 0.25) is 5.02 Å². The minimum Gasteiger partial charge on any atom is -0.478 e. The Bertz CT molecular complexity index is 603. The molecule has 21 heavy (non-hydrogen) atoms. The summed E-state index contributed by atoms with van der Waals surface area (Å²) in [7, 11) is -2.25. The molecule has 0 amide bonds. The molecule has 1 rings (SSSR count). The van der Waals surface area contributed by atoms with E-state index >= 15 is 0 Å².